The SMILES string of the molecule is C1=CC2CC1CC2CNC1C2C=CC(C2)C1c1ccccc1. The highest BCUT2D eigenvalue weighted by molar-refractivity contribution is 5.31. The van der Waals surface area contributed by atoms with Crippen molar-refractivity contribution >= 4 is 0 Å². The number of fused-ring (bicyclic) bond motifs is 4. The molecule has 4 bridgehead atoms. The first-order chi connectivity index (χ1) is 10.9. The minimum Gasteiger partial charge on any atom is -0.312 e. The lowest BCUT2D eigenvalue weighted by Crippen LogP contribution is -2.41. The first-order valence-corrected chi connectivity index (χ1v) is 9.03. The highest BCUT2D eigenvalue weighted by atomic mass is 15.0. The molecule has 4 aliphatic carbocycles. The molecule has 7 atom stereocenters. The minimum atomic E-state index is 0.653. The quantitative estimate of drug-likeness (QED) is 0.822. The van der Waals surface area contributed by atoms with Gasteiger partial charge in [-0.3, -0.25) is 0 Å². The maximum Gasteiger partial charge on any atom is 0.0204 e. The van der Waals surface area contributed by atoms with Crippen molar-refractivity contribution in [2.75, 3.05) is 6.54 Å². The third-order valence-corrected chi connectivity index (χ3v) is 6.68. The van der Waals surface area contributed by atoms with E-state index in [1.54, 1.807) is 0 Å². The standard InChI is InChI=1S/C21H25N/c1-2-4-15(5-3-1)20-17-8-9-18(12-17)21(20)22-13-19-11-14-6-7-16(19)10-14/h1-9,14,16-22H,10-13H2. The third-order valence-electron chi connectivity index (χ3n) is 6.68. The summed E-state index contributed by atoms with van der Waals surface area (Å²) in [5.41, 5.74) is 1.53. The average Bonchev–Trinajstić information content (AvgIpc) is 3.33. The molecule has 2 saturated carbocycles. The van der Waals surface area contributed by atoms with E-state index in [0.717, 1.165) is 29.6 Å². The van der Waals surface area contributed by atoms with Crippen LogP contribution in [0.4, 0.5) is 0 Å². The van der Waals surface area contributed by atoms with Gasteiger partial charge in [-0.05, 0) is 61.0 Å². The molecule has 0 aromatic heterocycles. The molecule has 5 rings (SSSR count). The van der Waals surface area contributed by atoms with Crippen molar-refractivity contribution in [3.63, 3.8) is 0 Å². The van der Waals surface area contributed by atoms with Crippen LogP contribution in [0.3, 0.4) is 0 Å². The number of benzene rings is 1. The van der Waals surface area contributed by atoms with Gasteiger partial charge < -0.3 is 5.32 Å². The number of allylic oxidation sites excluding steroid dienone is 3. The molecule has 1 aromatic rings. The Morgan fingerprint density at radius 3 is 2.41 bits per heavy atom. The van der Waals surface area contributed by atoms with E-state index >= 15 is 0 Å². The fourth-order valence-electron chi connectivity index (χ4n) is 5.65. The number of hydrogen-bond donors (Lipinski definition) is 1. The van der Waals surface area contributed by atoms with Crippen LogP contribution in [-0.2, 0) is 0 Å². The molecule has 1 N–H and O–H groups in total. The fourth-order valence-corrected chi connectivity index (χ4v) is 5.65. The van der Waals surface area contributed by atoms with Crippen LogP contribution in [0, 0.1) is 29.6 Å². The Labute approximate surface area is 133 Å². The van der Waals surface area contributed by atoms with Crippen LogP contribution in [0.2, 0.25) is 0 Å². The predicted octanol–water partition coefficient (Wildman–Crippen LogP) is 4.15. The van der Waals surface area contributed by atoms with Gasteiger partial charge in [0.05, 0.1) is 0 Å². The summed E-state index contributed by atoms with van der Waals surface area (Å²) < 4.78 is 0. The van der Waals surface area contributed by atoms with Gasteiger partial charge in [-0.2, -0.15) is 0 Å². The second kappa shape index (κ2) is 5.09. The lowest BCUT2D eigenvalue weighted by molar-refractivity contribution is 0.341. The first kappa shape index (κ1) is 13.1. The lowest BCUT2D eigenvalue weighted by atomic mass is 9.82. The lowest BCUT2D eigenvalue weighted by Gasteiger charge is -2.31. The van der Waals surface area contributed by atoms with Crippen molar-refractivity contribution in [1.82, 2.24) is 5.32 Å². The molecular formula is C21H25N. The van der Waals surface area contributed by atoms with Gasteiger partial charge in [-0.1, -0.05) is 54.6 Å². The molecule has 22 heavy (non-hydrogen) atoms. The van der Waals surface area contributed by atoms with Gasteiger partial charge >= 0.3 is 0 Å². The molecular weight excluding hydrogens is 266 g/mol. The highest BCUT2D eigenvalue weighted by Crippen LogP contribution is 2.49. The highest BCUT2D eigenvalue weighted by Gasteiger charge is 2.45. The summed E-state index contributed by atoms with van der Waals surface area (Å²) in [7, 11) is 0. The Bertz CT molecular complexity index is 602. The zero-order chi connectivity index (χ0) is 14.5. The van der Waals surface area contributed by atoms with E-state index < -0.39 is 0 Å². The van der Waals surface area contributed by atoms with Gasteiger partial charge in [0, 0.05) is 12.0 Å². The Hall–Kier alpha value is -1.34. The molecule has 1 nitrogen and oxygen atoms in total. The smallest absolute Gasteiger partial charge is 0.0204 e. The maximum absolute atomic E-state index is 4.00. The largest absolute Gasteiger partial charge is 0.312 e. The van der Waals surface area contributed by atoms with Crippen molar-refractivity contribution in [2.24, 2.45) is 29.6 Å². The minimum absolute atomic E-state index is 0.653. The normalized spacial score (nSPS) is 44.3. The van der Waals surface area contributed by atoms with E-state index in [-0.39, 0.29) is 0 Å². The molecule has 0 radical (unpaired) electrons. The number of nitrogens with one attached hydrogen (secondary N) is 1. The molecule has 1 aromatic carbocycles. The van der Waals surface area contributed by atoms with E-state index in [0.29, 0.717) is 12.0 Å². The Morgan fingerprint density at radius 2 is 1.64 bits per heavy atom. The first-order valence-electron chi connectivity index (χ1n) is 9.03. The van der Waals surface area contributed by atoms with Crippen LogP contribution in [-0.4, -0.2) is 12.6 Å². The van der Waals surface area contributed by atoms with Crippen molar-refractivity contribution in [3.05, 3.63) is 60.2 Å². The van der Waals surface area contributed by atoms with E-state index in [2.05, 4.69) is 60.0 Å². The fraction of sp³-hybridized carbons (Fsp3) is 0.524. The van der Waals surface area contributed by atoms with Gasteiger partial charge in [0.15, 0.2) is 0 Å². The second-order valence-electron chi connectivity index (χ2n) is 7.86. The maximum atomic E-state index is 4.00. The van der Waals surface area contributed by atoms with Crippen LogP contribution >= 0.6 is 0 Å². The summed E-state index contributed by atoms with van der Waals surface area (Å²) in [6, 6.07) is 11.8. The molecule has 0 saturated heterocycles. The zero-order valence-corrected chi connectivity index (χ0v) is 13.1. The topological polar surface area (TPSA) is 12.0 Å². The van der Waals surface area contributed by atoms with Crippen LogP contribution < -0.4 is 5.32 Å². The summed E-state index contributed by atoms with van der Waals surface area (Å²) in [6.07, 6.45) is 14.1. The van der Waals surface area contributed by atoms with Crippen molar-refractivity contribution in [3.8, 4) is 0 Å². The van der Waals surface area contributed by atoms with Gasteiger partial charge in [-0.15, -0.1) is 0 Å². The molecule has 1 heteroatoms. The zero-order valence-electron chi connectivity index (χ0n) is 13.1. The molecule has 0 spiro atoms. The molecule has 114 valence electrons. The summed E-state index contributed by atoms with van der Waals surface area (Å²) in [5, 5.41) is 4.00. The van der Waals surface area contributed by atoms with Gasteiger partial charge in [-0.25, -0.2) is 0 Å². The van der Waals surface area contributed by atoms with Crippen molar-refractivity contribution < 1.29 is 0 Å². The Balaban J connectivity index is 1.32. The van der Waals surface area contributed by atoms with E-state index in [4.69, 9.17) is 0 Å². The summed E-state index contributed by atoms with van der Waals surface area (Å²) in [5.74, 6) is 4.83. The van der Waals surface area contributed by atoms with Gasteiger partial charge in [0.2, 0.25) is 0 Å². The van der Waals surface area contributed by atoms with Gasteiger partial charge in [0.25, 0.3) is 0 Å². The molecule has 0 aliphatic heterocycles. The van der Waals surface area contributed by atoms with Crippen LogP contribution in [0.25, 0.3) is 0 Å². The average molecular weight is 291 g/mol. The molecule has 0 heterocycles. The Morgan fingerprint density at radius 1 is 0.818 bits per heavy atom. The third kappa shape index (κ3) is 2.02. The molecule has 7 unspecified atom stereocenters. The molecule has 0 amide bonds. The Kier molecular flexibility index (Phi) is 3.04. The van der Waals surface area contributed by atoms with E-state index in [1.165, 1.54) is 31.4 Å². The van der Waals surface area contributed by atoms with Crippen LogP contribution in [0.5, 0.6) is 0 Å². The summed E-state index contributed by atoms with van der Waals surface area (Å²) in [4.78, 5) is 0. The van der Waals surface area contributed by atoms with E-state index in [1.807, 2.05) is 0 Å². The molecule has 4 aliphatic rings. The predicted molar refractivity (Wildman–Crippen MR) is 90.6 cm³/mol. The number of hydrogen-bond acceptors (Lipinski definition) is 1. The molecule has 2 fully saturated rings. The summed E-state index contributed by atoms with van der Waals surface area (Å²) >= 11 is 0. The van der Waals surface area contributed by atoms with Crippen LogP contribution in [0.15, 0.2) is 54.6 Å². The monoisotopic (exact) mass is 291 g/mol. The second-order valence-corrected chi connectivity index (χ2v) is 7.86. The van der Waals surface area contributed by atoms with Crippen molar-refractivity contribution in [1.29, 1.82) is 0 Å². The van der Waals surface area contributed by atoms with Gasteiger partial charge in [0.1, 0.15) is 0 Å². The summed E-state index contributed by atoms with van der Waals surface area (Å²) in [6.45, 7) is 1.22. The van der Waals surface area contributed by atoms with Crippen molar-refractivity contribution in [2.45, 2.75) is 31.2 Å². The number of rotatable bonds is 4. The van der Waals surface area contributed by atoms with Crippen LogP contribution in [0.1, 0.15) is 30.7 Å². The van der Waals surface area contributed by atoms with E-state index in [9.17, 15) is 0 Å².